The Morgan fingerprint density at radius 2 is 1.85 bits per heavy atom. The largest absolute Gasteiger partial charge is 0.335 e. The third-order valence-electron chi connectivity index (χ3n) is 3.72. The molecular weight excluding hydrogens is 278 g/mol. The second kappa shape index (κ2) is 5.14. The molecule has 2 heterocycles. The highest BCUT2D eigenvalue weighted by atomic mass is 32.2. The standard InChI is InChI=1S/C13H17N3O3S/c17-13(12-3-1-2-6-14-12)15-7-9-16(10-8-15)20(18,19)11-4-5-11/h1-3,6,11H,4-5,7-10H2. The first-order chi connectivity index (χ1) is 9.59. The van der Waals surface area contributed by atoms with Crippen LogP contribution in [0.2, 0.25) is 0 Å². The van der Waals surface area contributed by atoms with Crippen LogP contribution in [0.25, 0.3) is 0 Å². The SMILES string of the molecule is O=C(c1ccccn1)N1CCN(S(=O)(=O)C2CC2)CC1. The topological polar surface area (TPSA) is 70.6 Å². The molecule has 108 valence electrons. The lowest BCUT2D eigenvalue weighted by molar-refractivity contribution is 0.0692. The van der Waals surface area contributed by atoms with Gasteiger partial charge in [0.2, 0.25) is 10.0 Å². The fourth-order valence-corrected chi connectivity index (χ4v) is 4.20. The van der Waals surface area contributed by atoms with E-state index in [9.17, 15) is 13.2 Å². The first-order valence-corrected chi connectivity index (χ1v) is 8.28. The van der Waals surface area contributed by atoms with E-state index in [1.165, 1.54) is 4.31 Å². The molecule has 0 aromatic carbocycles. The summed E-state index contributed by atoms with van der Waals surface area (Å²) in [4.78, 5) is 17.9. The van der Waals surface area contributed by atoms with Gasteiger partial charge in [-0.15, -0.1) is 0 Å². The van der Waals surface area contributed by atoms with Crippen molar-refractivity contribution in [2.24, 2.45) is 0 Å². The Morgan fingerprint density at radius 3 is 2.40 bits per heavy atom. The molecule has 3 rings (SSSR count). The van der Waals surface area contributed by atoms with Gasteiger partial charge in [0.05, 0.1) is 5.25 Å². The van der Waals surface area contributed by atoms with E-state index in [0.29, 0.717) is 31.9 Å². The third-order valence-corrected chi connectivity index (χ3v) is 6.11. The van der Waals surface area contributed by atoms with Crippen LogP contribution in [0.1, 0.15) is 23.3 Å². The van der Waals surface area contributed by atoms with Crippen LogP contribution >= 0.6 is 0 Å². The summed E-state index contributed by atoms with van der Waals surface area (Å²) in [5.41, 5.74) is 0.408. The molecule has 0 bridgehead atoms. The highest BCUT2D eigenvalue weighted by Gasteiger charge is 2.41. The van der Waals surface area contributed by atoms with Crippen molar-refractivity contribution in [2.45, 2.75) is 18.1 Å². The van der Waals surface area contributed by atoms with Crippen LogP contribution in [-0.4, -0.2) is 59.9 Å². The minimum absolute atomic E-state index is 0.130. The van der Waals surface area contributed by atoms with Gasteiger partial charge in [0.15, 0.2) is 0 Å². The molecule has 0 unspecified atom stereocenters. The lowest BCUT2D eigenvalue weighted by Gasteiger charge is -2.33. The number of carbonyl (C=O) groups is 1. The van der Waals surface area contributed by atoms with Gasteiger partial charge in [0.25, 0.3) is 5.91 Å². The fraction of sp³-hybridized carbons (Fsp3) is 0.538. The monoisotopic (exact) mass is 295 g/mol. The molecule has 6 nitrogen and oxygen atoms in total. The third kappa shape index (κ3) is 2.55. The summed E-state index contributed by atoms with van der Waals surface area (Å²) in [5.74, 6) is -0.130. The maximum Gasteiger partial charge on any atom is 0.272 e. The van der Waals surface area contributed by atoms with Crippen LogP contribution in [-0.2, 0) is 10.0 Å². The van der Waals surface area contributed by atoms with E-state index < -0.39 is 10.0 Å². The van der Waals surface area contributed by atoms with E-state index in [1.807, 2.05) is 0 Å². The van der Waals surface area contributed by atoms with Gasteiger partial charge in [0.1, 0.15) is 5.69 Å². The number of rotatable bonds is 3. The van der Waals surface area contributed by atoms with Crippen molar-refractivity contribution in [3.8, 4) is 0 Å². The summed E-state index contributed by atoms with van der Waals surface area (Å²) < 4.78 is 25.7. The van der Waals surface area contributed by atoms with E-state index in [4.69, 9.17) is 0 Å². The zero-order valence-corrected chi connectivity index (χ0v) is 11.9. The summed E-state index contributed by atoms with van der Waals surface area (Å²) in [6.45, 7) is 1.64. The van der Waals surface area contributed by atoms with Gasteiger partial charge in [-0.1, -0.05) is 6.07 Å². The number of hydrogen-bond donors (Lipinski definition) is 0. The molecule has 20 heavy (non-hydrogen) atoms. The predicted molar refractivity (Wildman–Crippen MR) is 73.7 cm³/mol. The smallest absolute Gasteiger partial charge is 0.272 e. The van der Waals surface area contributed by atoms with Crippen LogP contribution in [0.3, 0.4) is 0 Å². The molecule has 1 saturated heterocycles. The normalized spacial score (nSPS) is 20.9. The molecule has 7 heteroatoms. The molecule has 2 aliphatic rings. The number of nitrogens with zero attached hydrogens (tertiary/aromatic N) is 3. The van der Waals surface area contributed by atoms with Crippen molar-refractivity contribution in [1.82, 2.24) is 14.2 Å². The molecule has 1 aliphatic heterocycles. The van der Waals surface area contributed by atoms with Gasteiger partial charge in [-0.2, -0.15) is 4.31 Å². The zero-order chi connectivity index (χ0) is 14.2. The lowest BCUT2D eigenvalue weighted by atomic mass is 10.3. The molecule has 1 saturated carbocycles. The van der Waals surface area contributed by atoms with Crippen molar-refractivity contribution in [2.75, 3.05) is 26.2 Å². The number of carbonyl (C=O) groups excluding carboxylic acids is 1. The van der Waals surface area contributed by atoms with Crippen LogP contribution < -0.4 is 0 Å². The van der Waals surface area contributed by atoms with Gasteiger partial charge >= 0.3 is 0 Å². The van der Waals surface area contributed by atoms with Gasteiger partial charge in [0, 0.05) is 32.4 Å². The number of piperazine rings is 1. The summed E-state index contributed by atoms with van der Waals surface area (Å²) in [5, 5.41) is -0.180. The molecule has 0 atom stereocenters. The van der Waals surface area contributed by atoms with E-state index in [0.717, 1.165) is 12.8 Å². The molecule has 1 aliphatic carbocycles. The van der Waals surface area contributed by atoms with Crippen LogP contribution in [0.4, 0.5) is 0 Å². The minimum atomic E-state index is -3.12. The van der Waals surface area contributed by atoms with E-state index >= 15 is 0 Å². The number of hydrogen-bond acceptors (Lipinski definition) is 4. The van der Waals surface area contributed by atoms with Crippen LogP contribution in [0.5, 0.6) is 0 Å². The predicted octanol–water partition coefficient (Wildman–Crippen LogP) is 0.332. The maximum atomic E-state index is 12.2. The quantitative estimate of drug-likeness (QED) is 0.806. The number of amides is 1. The Bertz CT molecular complexity index is 591. The molecular formula is C13H17N3O3S. The molecule has 1 amide bonds. The van der Waals surface area contributed by atoms with Crippen molar-refractivity contribution >= 4 is 15.9 Å². The molecule has 0 radical (unpaired) electrons. The molecule has 2 fully saturated rings. The second-order valence-corrected chi connectivity index (χ2v) is 7.36. The minimum Gasteiger partial charge on any atom is -0.335 e. The van der Waals surface area contributed by atoms with E-state index in [-0.39, 0.29) is 11.2 Å². The average Bonchev–Trinajstić information content (AvgIpc) is 3.33. The fourth-order valence-electron chi connectivity index (χ4n) is 2.37. The maximum absolute atomic E-state index is 12.2. The highest BCUT2D eigenvalue weighted by molar-refractivity contribution is 7.90. The Morgan fingerprint density at radius 1 is 1.15 bits per heavy atom. The van der Waals surface area contributed by atoms with E-state index in [2.05, 4.69) is 4.98 Å². The zero-order valence-electron chi connectivity index (χ0n) is 11.1. The lowest BCUT2D eigenvalue weighted by Crippen LogP contribution is -2.51. The molecule has 1 aromatic heterocycles. The molecule has 1 aromatic rings. The van der Waals surface area contributed by atoms with E-state index in [1.54, 1.807) is 29.3 Å². The summed E-state index contributed by atoms with van der Waals surface area (Å²) in [6, 6.07) is 5.21. The second-order valence-electron chi connectivity index (χ2n) is 5.15. The summed E-state index contributed by atoms with van der Waals surface area (Å²) in [7, 11) is -3.12. The van der Waals surface area contributed by atoms with Crippen LogP contribution in [0, 0.1) is 0 Å². The Hall–Kier alpha value is -1.47. The highest BCUT2D eigenvalue weighted by Crippen LogP contribution is 2.31. The first-order valence-electron chi connectivity index (χ1n) is 6.78. The van der Waals surface area contributed by atoms with Gasteiger partial charge in [-0.05, 0) is 25.0 Å². The summed E-state index contributed by atoms with van der Waals surface area (Å²) in [6.07, 6.45) is 3.13. The van der Waals surface area contributed by atoms with Crippen molar-refractivity contribution in [3.05, 3.63) is 30.1 Å². The number of sulfonamides is 1. The van der Waals surface area contributed by atoms with Gasteiger partial charge < -0.3 is 4.90 Å². The molecule has 0 N–H and O–H groups in total. The van der Waals surface area contributed by atoms with Crippen molar-refractivity contribution in [1.29, 1.82) is 0 Å². The van der Waals surface area contributed by atoms with Gasteiger partial charge in [-0.3, -0.25) is 9.78 Å². The Labute approximate surface area is 118 Å². The van der Waals surface area contributed by atoms with Crippen molar-refractivity contribution < 1.29 is 13.2 Å². The Kier molecular flexibility index (Phi) is 3.47. The average molecular weight is 295 g/mol. The Balaban J connectivity index is 1.63. The molecule has 0 spiro atoms. The number of pyridine rings is 1. The number of aromatic nitrogens is 1. The van der Waals surface area contributed by atoms with Crippen molar-refractivity contribution in [3.63, 3.8) is 0 Å². The van der Waals surface area contributed by atoms with Crippen LogP contribution in [0.15, 0.2) is 24.4 Å². The summed E-state index contributed by atoms with van der Waals surface area (Å²) >= 11 is 0. The van der Waals surface area contributed by atoms with Gasteiger partial charge in [-0.25, -0.2) is 8.42 Å². The first kappa shape index (κ1) is 13.5.